The minimum Gasteiger partial charge on any atom is -0.394 e. The van der Waals surface area contributed by atoms with Crippen LogP contribution in [0.4, 0.5) is 15.9 Å². The largest absolute Gasteiger partial charge is 0.394 e. The Balaban J connectivity index is 1.76. The summed E-state index contributed by atoms with van der Waals surface area (Å²) in [4.78, 5) is 31.1. The Labute approximate surface area is 167 Å². The molecule has 0 saturated heterocycles. The monoisotopic (exact) mass is 401 g/mol. The van der Waals surface area contributed by atoms with Gasteiger partial charge in [-0.05, 0) is 55.4 Å². The Hall–Kier alpha value is -2.71. The summed E-state index contributed by atoms with van der Waals surface area (Å²) in [6.45, 7) is 1.75. The van der Waals surface area contributed by atoms with Crippen LogP contribution >= 0.6 is 0 Å². The molecule has 2 aromatic rings. The van der Waals surface area contributed by atoms with Gasteiger partial charge < -0.3 is 10.4 Å². The Bertz CT molecular complexity index is 1030. The third kappa shape index (κ3) is 3.54. The van der Waals surface area contributed by atoms with Gasteiger partial charge in [-0.2, -0.15) is 0 Å². The number of aliphatic hydroxyl groups is 1. The number of nitrogens with one attached hydrogen (secondary N) is 1. The maximum Gasteiger partial charge on any atom is 0.281 e. The van der Waals surface area contributed by atoms with E-state index in [9.17, 15) is 14.0 Å². The second-order valence-electron chi connectivity index (χ2n) is 7.54. The van der Waals surface area contributed by atoms with Crippen molar-refractivity contribution in [2.75, 3.05) is 25.1 Å². The lowest BCUT2D eigenvalue weighted by molar-refractivity contribution is -0.132. The standard InChI is InChI=1S/C21H24FN3O4/c1-12-15-7-8-25(29-10-9-26)21(28)18(15)19(24(2)20(12)27)23-17-6-5-14(11-16(17)22)13-3-4-13/h5-6,11,13,23,26H,3-4,7-10H2,1-2H3. The van der Waals surface area contributed by atoms with Crippen LogP contribution in [0.3, 0.4) is 0 Å². The van der Waals surface area contributed by atoms with Gasteiger partial charge in [-0.1, -0.05) is 6.07 Å². The van der Waals surface area contributed by atoms with Crippen molar-refractivity contribution in [2.24, 2.45) is 7.05 Å². The molecule has 7 nitrogen and oxygen atoms in total. The maximum absolute atomic E-state index is 14.7. The quantitative estimate of drug-likeness (QED) is 0.777. The van der Waals surface area contributed by atoms with E-state index in [-0.39, 0.29) is 36.8 Å². The van der Waals surface area contributed by atoms with Crippen LogP contribution in [-0.4, -0.2) is 40.4 Å². The number of fused-ring (bicyclic) bond motifs is 1. The minimum atomic E-state index is -0.423. The predicted molar refractivity (Wildman–Crippen MR) is 106 cm³/mol. The highest BCUT2D eigenvalue weighted by Crippen LogP contribution is 2.41. The van der Waals surface area contributed by atoms with Crippen molar-refractivity contribution < 1.29 is 19.1 Å². The topological polar surface area (TPSA) is 83.8 Å². The fourth-order valence-corrected chi connectivity index (χ4v) is 3.81. The molecular weight excluding hydrogens is 377 g/mol. The van der Waals surface area contributed by atoms with Gasteiger partial charge in [0.2, 0.25) is 0 Å². The van der Waals surface area contributed by atoms with Crippen LogP contribution in [0, 0.1) is 12.7 Å². The number of amides is 1. The lowest BCUT2D eigenvalue weighted by Crippen LogP contribution is -2.41. The molecule has 2 aliphatic rings. The first-order chi connectivity index (χ1) is 13.9. The van der Waals surface area contributed by atoms with Gasteiger partial charge in [0.1, 0.15) is 11.6 Å². The third-order valence-corrected chi connectivity index (χ3v) is 5.59. The number of hydrogen-bond donors (Lipinski definition) is 2. The van der Waals surface area contributed by atoms with E-state index in [0.717, 1.165) is 18.4 Å². The van der Waals surface area contributed by atoms with Crippen LogP contribution in [0.1, 0.15) is 45.8 Å². The number of halogens is 1. The van der Waals surface area contributed by atoms with Crippen molar-refractivity contribution in [2.45, 2.75) is 32.1 Å². The summed E-state index contributed by atoms with van der Waals surface area (Å²) in [5, 5.41) is 13.1. The molecule has 0 bridgehead atoms. The Morgan fingerprint density at radius 3 is 2.72 bits per heavy atom. The van der Waals surface area contributed by atoms with E-state index >= 15 is 0 Å². The number of benzene rings is 1. The average molecular weight is 401 g/mol. The molecule has 1 aliphatic heterocycles. The van der Waals surface area contributed by atoms with Crippen LogP contribution in [0.5, 0.6) is 0 Å². The number of hydrogen-bond acceptors (Lipinski definition) is 5. The van der Waals surface area contributed by atoms with Crippen LogP contribution in [-0.2, 0) is 18.3 Å². The summed E-state index contributed by atoms with van der Waals surface area (Å²) < 4.78 is 16.0. The molecule has 0 radical (unpaired) electrons. The smallest absolute Gasteiger partial charge is 0.281 e. The molecule has 2 heterocycles. The lowest BCUT2D eigenvalue weighted by atomic mass is 9.96. The van der Waals surface area contributed by atoms with E-state index in [1.54, 1.807) is 20.0 Å². The van der Waals surface area contributed by atoms with Gasteiger partial charge in [0.05, 0.1) is 31.0 Å². The van der Waals surface area contributed by atoms with Crippen LogP contribution in [0.2, 0.25) is 0 Å². The molecule has 0 spiro atoms. The van der Waals surface area contributed by atoms with E-state index in [1.165, 1.54) is 15.7 Å². The second kappa shape index (κ2) is 7.61. The Kier molecular flexibility index (Phi) is 5.14. The number of carbonyl (C=O) groups is 1. The number of carbonyl (C=O) groups excluding carboxylic acids is 1. The number of nitrogens with zero attached hydrogens (tertiary/aromatic N) is 2. The Morgan fingerprint density at radius 1 is 1.31 bits per heavy atom. The number of aliphatic hydroxyl groups excluding tert-OH is 1. The normalized spacial score (nSPS) is 16.1. The van der Waals surface area contributed by atoms with Crippen molar-refractivity contribution in [3.63, 3.8) is 0 Å². The molecule has 0 unspecified atom stereocenters. The zero-order valence-electron chi connectivity index (χ0n) is 16.5. The number of pyridine rings is 1. The summed E-state index contributed by atoms with van der Waals surface area (Å²) in [7, 11) is 1.55. The van der Waals surface area contributed by atoms with Crippen LogP contribution < -0.4 is 10.9 Å². The molecule has 29 heavy (non-hydrogen) atoms. The SMILES string of the molecule is Cc1c2c(c(Nc3ccc(C4CC4)cc3F)n(C)c1=O)C(=O)N(OCCO)CC2. The number of anilines is 2. The van der Waals surface area contributed by atoms with Crippen molar-refractivity contribution in [3.05, 3.63) is 56.6 Å². The number of rotatable bonds is 6. The van der Waals surface area contributed by atoms with E-state index in [1.807, 2.05) is 6.07 Å². The lowest BCUT2D eigenvalue weighted by Gasteiger charge is -2.30. The Morgan fingerprint density at radius 2 is 2.07 bits per heavy atom. The highest BCUT2D eigenvalue weighted by Gasteiger charge is 2.32. The summed E-state index contributed by atoms with van der Waals surface area (Å²) in [6.07, 6.45) is 2.58. The van der Waals surface area contributed by atoms with E-state index in [2.05, 4.69) is 5.32 Å². The number of hydroxylamine groups is 2. The predicted octanol–water partition coefficient (Wildman–Crippen LogP) is 2.38. The second-order valence-corrected chi connectivity index (χ2v) is 7.54. The zero-order valence-corrected chi connectivity index (χ0v) is 16.5. The molecule has 0 atom stereocenters. The van der Waals surface area contributed by atoms with Crippen molar-refractivity contribution in [1.29, 1.82) is 0 Å². The average Bonchev–Trinajstić information content (AvgIpc) is 3.55. The molecular formula is C21H24FN3O4. The molecule has 1 aliphatic carbocycles. The molecule has 4 rings (SSSR count). The third-order valence-electron chi connectivity index (χ3n) is 5.59. The minimum absolute atomic E-state index is 0.00810. The molecule has 154 valence electrons. The summed E-state index contributed by atoms with van der Waals surface area (Å²) in [6, 6.07) is 5.03. The molecule has 2 N–H and O–H groups in total. The fraction of sp³-hybridized carbons (Fsp3) is 0.429. The van der Waals surface area contributed by atoms with Gasteiger partial charge in [-0.15, -0.1) is 0 Å². The van der Waals surface area contributed by atoms with Gasteiger partial charge in [-0.25, -0.2) is 9.45 Å². The first-order valence-electron chi connectivity index (χ1n) is 9.77. The van der Waals surface area contributed by atoms with Gasteiger partial charge >= 0.3 is 0 Å². The fourth-order valence-electron chi connectivity index (χ4n) is 3.81. The highest BCUT2D eigenvalue weighted by atomic mass is 19.1. The first kappa shape index (κ1) is 19.6. The highest BCUT2D eigenvalue weighted by molar-refractivity contribution is 6.01. The van der Waals surface area contributed by atoms with Crippen LogP contribution in [0.15, 0.2) is 23.0 Å². The van der Waals surface area contributed by atoms with E-state index in [4.69, 9.17) is 9.94 Å². The van der Waals surface area contributed by atoms with Gasteiger partial charge in [-0.3, -0.25) is 19.0 Å². The zero-order chi connectivity index (χ0) is 20.7. The van der Waals surface area contributed by atoms with Crippen molar-refractivity contribution in [3.8, 4) is 0 Å². The van der Waals surface area contributed by atoms with E-state index in [0.29, 0.717) is 29.0 Å². The van der Waals surface area contributed by atoms with Gasteiger partial charge in [0.25, 0.3) is 11.5 Å². The molecule has 1 saturated carbocycles. The molecule has 1 aromatic carbocycles. The van der Waals surface area contributed by atoms with Gasteiger partial charge in [0.15, 0.2) is 0 Å². The first-order valence-corrected chi connectivity index (χ1v) is 9.77. The van der Waals surface area contributed by atoms with Crippen molar-refractivity contribution >= 4 is 17.4 Å². The summed E-state index contributed by atoms with van der Waals surface area (Å²) in [5.74, 6) is -0.187. The van der Waals surface area contributed by atoms with Crippen LogP contribution in [0.25, 0.3) is 0 Å². The van der Waals surface area contributed by atoms with Gasteiger partial charge in [0, 0.05) is 12.6 Å². The molecule has 1 fully saturated rings. The van der Waals surface area contributed by atoms with Crippen molar-refractivity contribution in [1.82, 2.24) is 9.63 Å². The van der Waals surface area contributed by atoms with E-state index < -0.39 is 11.7 Å². The molecule has 8 heteroatoms. The molecule has 1 aromatic heterocycles. The summed E-state index contributed by atoms with van der Waals surface area (Å²) in [5.41, 5.74) is 2.36. The molecule has 1 amide bonds. The summed E-state index contributed by atoms with van der Waals surface area (Å²) >= 11 is 0. The maximum atomic E-state index is 14.7. The number of aromatic nitrogens is 1.